The van der Waals surface area contributed by atoms with E-state index in [0.29, 0.717) is 11.4 Å². The number of ether oxygens (including phenoxy) is 1. The van der Waals surface area contributed by atoms with Crippen molar-refractivity contribution in [2.75, 3.05) is 6.61 Å². The number of carbonyl (C=O) groups is 2. The molecule has 0 bridgehead atoms. The second-order valence-corrected chi connectivity index (χ2v) is 5.64. The number of benzene rings is 1. The number of halogens is 1. The van der Waals surface area contributed by atoms with Gasteiger partial charge in [-0.2, -0.15) is 0 Å². The first kappa shape index (κ1) is 16.1. The fraction of sp³-hybridized carbons (Fsp3) is 0.200. The molecule has 0 radical (unpaired) electrons. The first-order valence-electron chi connectivity index (χ1n) is 6.59. The van der Waals surface area contributed by atoms with Crippen molar-refractivity contribution < 1.29 is 14.3 Å². The van der Waals surface area contributed by atoms with Gasteiger partial charge in [-0.15, -0.1) is 0 Å². The SMILES string of the molecule is Cc1cccc(OCC(=O)NNC(=O)c2cc(Br)c[nH]2)c1C. The number of aromatic nitrogens is 1. The van der Waals surface area contributed by atoms with Gasteiger partial charge in [0.2, 0.25) is 0 Å². The first-order chi connectivity index (χ1) is 10.5. The number of hydrazine groups is 1. The number of amides is 2. The molecule has 0 aliphatic carbocycles. The standard InChI is InChI=1S/C15H16BrN3O3/c1-9-4-3-5-13(10(9)2)22-8-14(20)18-19-15(21)12-6-11(16)7-17-12/h3-7,17H,8H2,1-2H3,(H,18,20)(H,19,21). The van der Waals surface area contributed by atoms with Gasteiger partial charge in [-0.05, 0) is 53.0 Å². The molecule has 0 aliphatic heterocycles. The molecule has 0 unspecified atom stereocenters. The molecule has 1 aromatic heterocycles. The second-order valence-electron chi connectivity index (χ2n) is 4.72. The summed E-state index contributed by atoms with van der Waals surface area (Å²) in [6.45, 7) is 3.71. The minimum absolute atomic E-state index is 0.182. The van der Waals surface area contributed by atoms with Crippen LogP contribution in [0.25, 0.3) is 0 Å². The maximum Gasteiger partial charge on any atom is 0.286 e. The molecule has 0 aliphatic rings. The fourth-order valence-corrected chi connectivity index (χ4v) is 2.10. The number of nitrogens with one attached hydrogen (secondary N) is 3. The van der Waals surface area contributed by atoms with E-state index in [0.717, 1.165) is 15.6 Å². The van der Waals surface area contributed by atoms with Gasteiger partial charge in [0.25, 0.3) is 11.8 Å². The molecule has 0 spiro atoms. The molecule has 7 heteroatoms. The smallest absolute Gasteiger partial charge is 0.286 e. The molecule has 116 valence electrons. The topological polar surface area (TPSA) is 83.2 Å². The van der Waals surface area contributed by atoms with E-state index < -0.39 is 11.8 Å². The van der Waals surface area contributed by atoms with E-state index in [1.54, 1.807) is 18.3 Å². The lowest BCUT2D eigenvalue weighted by Crippen LogP contribution is -2.44. The van der Waals surface area contributed by atoms with Crippen LogP contribution < -0.4 is 15.6 Å². The Morgan fingerprint density at radius 3 is 2.73 bits per heavy atom. The predicted molar refractivity (Wildman–Crippen MR) is 85.5 cm³/mol. The van der Waals surface area contributed by atoms with Gasteiger partial charge in [-0.25, -0.2) is 0 Å². The zero-order chi connectivity index (χ0) is 16.1. The largest absolute Gasteiger partial charge is 0.483 e. The monoisotopic (exact) mass is 365 g/mol. The third kappa shape index (κ3) is 4.11. The maximum absolute atomic E-state index is 11.7. The molecule has 1 heterocycles. The van der Waals surface area contributed by atoms with Gasteiger partial charge in [-0.3, -0.25) is 20.4 Å². The Kier molecular flexibility index (Phi) is 5.21. The number of aryl methyl sites for hydroxylation is 1. The lowest BCUT2D eigenvalue weighted by Gasteiger charge is -2.11. The molecule has 0 fully saturated rings. The molecule has 0 saturated carbocycles. The summed E-state index contributed by atoms with van der Waals surface area (Å²) in [4.78, 5) is 26.2. The average Bonchev–Trinajstić information content (AvgIpc) is 2.93. The quantitative estimate of drug-likeness (QED) is 0.726. The van der Waals surface area contributed by atoms with Crippen LogP contribution in [-0.4, -0.2) is 23.4 Å². The fourth-order valence-electron chi connectivity index (χ4n) is 1.75. The summed E-state index contributed by atoms with van der Waals surface area (Å²) in [7, 11) is 0. The molecule has 1 aromatic carbocycles. The summed E-state index contributed by atoms with van der Waals surface area (Å²) in [5, 5.41) is 0. The summed E-state index contributed by atoms with van der Waals surface area (Å²) in [5.74, 6) is -0.236. The first-order valence-corrected chi connectivity index (χ1v) is 7.39. The Morgan fingerprint density at radius 1 is 1.27 bits per heavy atom. The highest BCUT2D eigenvalue weighted by Gasteiger charge is 2.10. The summed E-state index contributed by atoms with van der Waals surface area (Å²) in [6, 6.07) is 7.23. The number of H-pyrrole nitrogens is 1. The van der Waals surface area contributed by atoms with Crippen molar-refractivity contribution in [1.29, 1.82) is 0 Å². The Balaban J connectivity index is 1.81. The molecule has 6 nitrogen and oxygen atoms in total. The van der Waals surface area contributed by atoms with Crippen LogP contribution in [0.1, 0.15) is 21.6 Å². The lowest BCUT2D eigenvalue weighted by molar-refractivity contribution is -0.123. The summed E-state index contributed by atoms with van der Waals surface area (Å²) in [5.41, 5.74) is 7.00. The van der Waals surface area contributed by atoms with Crippen LogP contribution in [0.3, 0.4) is 0 Å². The number of carbonyl (C=O) groups excluding carboxylic acids is 2. The summed E-state index contributed by atoms with van der Waals surface area (Å²) in [6.07, 6.45) is 1.63. The number of hydrogen-bond donors (Lipinski definition) is 3. The Bertz CT molecular complexity index is 697. The molecule has 2 aromatic rings. The third-order valence-electron chi connectivity index (χ3n) is 3.12. The average molecular weight is 366 g/mol. The van der Waals surface area contributed by atoms with Crippen molar-refractivity contribution in [3.63, 3.8) is 0 Å². The van der Waals surface area contributed by atoms with E-state index in [4.69, 9.17) is 4.74 Å². The van der Waals surface area contributed by atoms with E-state index >= 15 is 0 Å². The normalized spacial score (nSPS) is 10.1. The number of hydrogen-bond acceptors (Lipinski definition) is 3. The van der Waals surface area contributed by atoms with Crippen molar-refractivity contribution in [2.24, 2.45) is 0 Å². The third-order valence-corrected chi connectivity index (χ3v) is 3.58. The van der Waals surface area contributed by atoms with Crippen LogP contribution >= 0.6 is 15.9 Å². The molecule has 3 N–H and O–H groups in total. The molecule has 0 saturated heterocycles. The van der Waals surface area contributed by atoms with Crippen molar-refractivity contribution in [1.82, 2.24) is 15.8 Å². The molecular weight excluding hydrogens is 350 g/mol. The van der Waals surface area contributed by atoms with E-state index in [2.05, 4.69) is 31.8 Å². The van der Waals surface area contributed by atoms with E-state index in [1.165, 1.54) is 0 Å². The van der Waals surface area contributed by atoms with Gasteiger partial charge in [0.05, 0.1) is 0 Å². The van der Waals surface area contributed by atoms with Crippen LogP contribution in [0.15, 0.2) is 34.9 Å². The minimum Gasteiger partial charge on any atom is -0.483 e. The highest BCUT2D eigenvalue weighted by molar-refractivity contribution is 9.10. The molecular formula is C15H16BrN3O3. The zero-order valence-electron chi connectivity index (χ0n) is 12.2. The Hall–Kier alpha value is -2.28. The summed E-state index contributed by atoms with van der Waals surface area (Å²) < 4.78 is 6.19. The van der Waals surface area contributed by atoms with Gasteiger partial charge in [0.15, 0.2) is 6.61 Å². The summed E-state index contributed by atoms with van der Waals surface area (Å²) >= 11 is 3.23. The van der Waals surface area contributed by atoms with Crippen LogP contribution in [0.5, 0.6) is 5.75 Å². The van der Waals surface area contributed by atoms with Crippen molar-refractivity contribution in [3.05, 3.63) is 51.8 Å². The Labute approximate surface area is 136 Å². The molecule has 22 heavy (non-hydrogen) atoms. The Morgan fingerprint density at radius 2 is 2.05 bits per heavy atom. The second kappa shape index (κ2) is 7.13. The lowest BCUT2D eigenvalue weighted by atomic mass is 10.1. The van der Waals surface area contributed by atoms with Gasteiger partial charge in [-0.1, -0.05) is 12.1 Å². The van der Waals surface area contributed by atoms with Crippen LogP contribution in [-0.2, 0) is 4.79 Å². The van der Waals surface area contributed by atoms with Crippen LogP contribution in [0.4, 0.5) is 0 Å². The van der Waals surface area contributed by atoms with Gasteiger partial charge >= 0.3 is 0 Å². The molecule has 0 atom stereocenters. The van der Waals surface area contributed by atoms with E-state index in [-0.39, 0.29) is 6.61 Å². The zero-order valence-corrected chi connectivity index (χ0v) is 13.8. The van der Waals surface area contributed by atoms with Crippen LogP contribution in [0, 0.1) is 13.8 Å². The predicted octanol–water partition coefficient (Wildman–Crippen LogP) is 2.23. The van der Waals surface area contributed by atoms with E-state index in [9.17, 15) is 9.59 Å². The van der Waals surface area contributed by atoms with Crippen molar-refractivity contribution >= 4 is 27.7 Å². The van der Waals surface area contributed by atoms with Crippen molar-refractivity contribution in [3.8, 4) is 5.75 Å². The van der Waals surface area contributed by atoms with E-state index in [1.807, 2.05) is 26.0 Å². The maximum atomic E-state index is 11.7. The van der Waals surface area contributed by atoms with Crippen molar-refractivity contribution in [2.45, 2.75) is 13.8 Å². The van der Waals surface area contributed by atoms with Gasteiger partial charge < -0.3 is 9.72 Å². The number of aromatic amines is 1. The van der Waals surface area contributed by atoms with Gasteiger partial charge in [0, 0.05) is 10.7 Å². The minimum atomic E-state index is -0.445. The van der Waals surface area contributed by atoms with Gasteiger partial charge in [0.1, 0.15) is 11.4 Å². The molecule has 2 rings (SSSR count). The van der Waals surface area contributed by atoms with Crippen LogP contribution in [0.2, 0.25) is 0 Å². The number of rotatable bonds is 4. The highest BCUT2D eigenvalue weighted by atomic mass is 79.9. The molecule has 2 amide bonds. The highest BCUT2D eigenvalue weighted by Crippen LogP contribution is 2.20.